The topological polar surface area (TPSA) is 48.4 Å². The fourth-order valence-electron chi connectivity index (χ4n) is 0.715. The molecule has 0 aliphatic carbocycles. The molecule has 1 rings (SSSR count). The molecule has 1 aromatic rings. The Labute approximate surface area is 68.2 Å². The molecule has 0 saturated heterocycles. The smallest absolute Gasteiger partial charge is 0.387 e. The van der Waals surface area contributed by atoms with Crippen LogP contribution in [0.3, 0.4) is 0 Å². The van der Waals surface area contributed by atoms with E-state index in [9.17, 15) is 0 Å². The van der Waals surface area contributed by atoms with Crippen LogP contribution in [-0.2, 0) is 6.42 Å². The molecule has 0 aliphatic heterocycles. The molecule has 1 aromatic heterocycles. The molecule has 0 bridgehead atoms. The Bertz CT molecular complexity index is 284. The number of hydrogen-bond donors (Lipinski definition) is 1. The molecule has 4 heteroatoms. The van der Waals surface area contributed by atoms with E-state index in [0.29, 0.717) is 6.42 Å². The lowest BCUT2D eigenvalue weighted by molar-refractivity contribution is 0.399. The molecule has 1 heterocycles. The van der Waals surface area contributed by atoms with Crippen LogP contribution in [0.1, 0.15) is 5.56 Å². The predicted molar refractivity (Wildman–Crippen MR) is 43.8 cm³/mol. The van der Waals surface area contributed by atoms with Crippen molar-refractivity contribution in [3.8, 4) is 0 Å². The molecular weight excluding hydrogens is 160 g/mol. The highest BCUT2D eigenvalue weighted by Crippen LogP contribution is 2.09. The van der Waals surface area contributed by atoms with Crippen LogP contribution in [-0.4, -0.2) is 5.11 Å². The Hall–Kier alpha value is -1.34. The molecule has 0 radical (unpaired) electrons. The molecule has 0 unspecified atom stereocenters. The second-order valence-electron chi connectivity index (χ2n) is 2.04. The summed E-state index contributed by atoms with van der Waals surface area (Å²) < 4.78 is 0. The van der Waals surface area contributed by atoms with E-state index in [1.807, 2.05) is 16.8 Å². The Kier molecular flexibility index (Phi) is 2.64. The van der Waals surface area contributed by atoms with Gasteiger partial charge >= 0.3 is 6.20 Å². The number of thiophene rings is 1. The van der Waals surface area contributed by atoms with Gasteiger partial charge in [0, 0.05) is 6.42 Å². The summed E-state index contributed by atoms with van der Waals surface area (Å²) in [5.74, 6) is 0.0610. The first-order valence-corrected chi connectivity index (χ1v) is 4.00. The molecule has 3 nitrogen and oxygen atoms in total. The van der Waals surface area contributed by atoms with Crippen molar-refractivity contribution < 1.29 is 5.11 Å². The van der Waals surface area contributed by atoms with Gasteiger partial charge in [0.25, 0.3) is 0 Å². The van der Waals surface area contributed by atoms with Crippen molar-refractivity contribution in [2.75, 3.05) is 0 Å². The summed E-state index contributed by atoms with van der Waals surface area (Å²) in [5, 5.41) is 21.0. The first-order valence-electron chi connectivity index (χ1n) is 3.06. The minimum Gasteiger partial charge on any atom is -0.505 e. The Morgan fingerprint density at radius 2 is 2.64 bits per heavy atom. The lowest BCUT2D eigenvalue weighted by Gasteiger charge is -1.88. The van der Waals surface area contributed by atoms with E-state index in [0.717, 1.165) is 11.8 Å². The Morgan fingerprint density at radius 3 is 3.18 bits per heavy atom. The third-order valence-corrected chi connectivity index (χ3v) is 1.90. The van der Waals surface area contributed by atoms with Crippen LogP contribution in [0, 0.1) is 5.39 Å². The average Bonchev–Trinajstić information content (AvgIpc) is 2.40. The van der Waals surface area contributed by atoms with Gasteiger partial charge in [0.05, 0.1) is 0 Å². The van der Waals surface area contributed by atoms with Gasteiger partial charge in [0.2, 0.25) is 5.39 Å². The molecular formula is C7H7N2OS+. The second-order valence-corrected chi connectivity index (χ2v) is 2.82. The van der Waals surface area contributed by atoms with Gasteiger partial charge in [0.1, 0.15) is 0 Å². The zero-order valence-electron chi connectivity index (χ0n) is 5.77. The minimum absolute atomic E-state index is 0.0610. The fraction of sp³-hybridized carbons (Fsp3) is 0.143. The highest BCUT2D eigenvalue weighted by molar-refractivity contribution is 7.07. The van der Waals surface area contributed by atoms with Gasteiger partial charge < -0.3 is 5.11 Å². The van der Waals surface area contributed by atoms with E-state index in [1.54, 1.807) is 11.3 Å². The van der Waals surface area contributed by atoms with E-state index in [1.165, 1.54) is 0 Å². The Morgan fingerprint density at radius 1 is 1.82 bits per heavy atom. The summed E-state index contributed by atoms with van der Waals surface area (Å²) in [4.78, 5) is 2.71. The minimum atomic E-state index is 0.0610. The third kappa shape index (κ3) is 2.40. The van der Waals surface area contributed by atoms with Gasteiger partial charge in [-0.1, -0.05) is 0 Å². The van der Waals surface area contributed by atoms with Crippen molar-refractivity contribution in [2.45, 2.75) is 6.42 Å². The maximum atomic E-state index is 9.03. The number of hydrogen-bond acceptors (Lipinski definition) is 3. The van der Waals surface area contributed by atoms with Crippen LogP contribution in [0.5, 0.6) is 0 Å². The lowest BCUT2D eigenvalue weighted by atomic mass is 10.2. The van der Waals surface area contributed by atoms with Crippen molar-refractivity contribution >= 4 is 11.3 Å². The maximum Gasteiger partial charge on any atom is 0.387 e. The highest BCUT2D eigenvalue weighted by Gasteiger charge is 2.01. The molecule has 11 heavy (non-hydrogen) atoms. The molecule has 0 aromatic carbocycles. The van der Waals surface area contributed by atoms with Crippen LogP contribution in [0.25, 0.3) is 4.98 Å². The van der Waals surface area contributed by atoms with Crippen LogP contribution in [0.4, 0.5) is 0 Å². The SMILES string of the molecule is N#[N+]/C=C(\O)Cc1ccsc1. The number of diazo groups is 1. The summed E-state index contributed by atoms with van der Waals surface area (Å²) in [5.41, 5.74) is 1.02. The first kappa shape index (κ1) is 7.76. The third-order valence-electron chi connectivity index (χ3n) is 1.17. The predicted octanol–water partition coefficient (Wildman–Crippen LogP) is 2.54. The van der Waals surface area contributed by atoms with E-state index in [4.69, 9.17) is 10.5 Å². The van der Waals surface area contributed by atoms with Crippen LogP contribution in [0.15, 0.2) is 28.8 Å². The number of nitrogens with zero attached hydrogens (tertiary/aromatic N) is 2. The number of rotatable bonds is 2. The molecule has 0 amide bonds. The van der Waals surface area contributed by atoms with E-state index >= 15 is 0 Å². The zero-order chi connectivity index (χ0) is 8.10. The van der Waals surface area contributed by atoms with E-state index in [2.05, 4.69) is 4.98 Å². The van der Waals surface area contributed by atoms with Crippen molar-refractivity contribution in [3.05, 3.63) is 39.3 Å². The quantitative estimate of drug-likeness (QED) is 0.543. The van der Waals surface area contributed by atoms with Crippen LogP contribution < -0.4 is 0 Å². The van der Waals surface area contributed by atoms with Gasteiger partial charge in [-0.25, -0.2) is 0 Å². The van der Waals surface area contributed by atoms with Gasteiger partial charge in [-0.15, -0.1) is 0 Å². The highest BCUT2D eigenvalue weighted by atomic mass is 32.1. The second kappa shape index (κ2) is 3.74. The molecule has 0 aliphatic rings. The van der Waals surface area contributed by atoms with Gasteiger partial charge in [-0.2, -0.15) is 11.3 Å². The van der Waals surface area contributed by atoms with Gasteiger partial charge in [0.15, 0.2) is 10.7 Å². The molecule has 0 spiro atoms. The largest absolute Gasteiger partial charge is 0.505 e. The number of aliphatic hydroxyl groups is 1. The number of allylic oxidation sites excluding steroid dienone is 1. The normalized spacial score (nSPS) is 11.0. The molecule has 0 fully saturated rings. The lowest BCUT2D eigenvalue weighted by Crippen LogP contribution is -1.84. The summed E-state index contributed by atoms with van der Waals surface area (Å²) in [7, 11) is 0. The summed E-state index contributed by atoms with van der Waals surface area (Å²) in [6.07, 6.45) is 1.45. The summed E-state index contributed by atoms with van der Waals surface area (Å²) >= 11 is 1.57. The van der Waals surface area contributed by atoms with Gasteiger partial charge in [-0.05, 0) is 22.4 Å². The number of aliphatic hydroxyl groups excluding tert-OH is 1. The van der Waals surface area contributed by atoms with Crippen LogP contribution >= 0.6 is 11.3 Å². The van der Waals surface area contributed by atoms with Crippen LogP contribution in [0.2, 0.25) is 0 Å². The first-order chi connectivity index (χ1) is 5.33. The average molecular weight is 167 g/mol. The van der Waals surface area contributed by atoms with Crippen molar-refractivity contribution in [1.82, 2.24) is 0 Å². The van der Waals surface area contributed by atoms with Crippen molar-refractivity contribution in [1.29, 1.82) is 5.39 Å². The fourth-order valence-corrected chi connectivity index (χ4v) is 1.38. The molecule has 1 N–H and O–H groups in total. The van der Waals surface area contributed by atoms with Crippen molar-refractivity contribution in [3.63, 3.8) is 0 Å². The van der Waals surface area contributed by atoms with E-state index in [-0.39, 0.29) is 5.76 Å². The molecule has 0 atom stereocenters. The summed E-state index contributed by atoms with van der Waals surface area (Å²) in [6, 6.07) is 1.91. The van der Waals surface area contributed by atoms with Gasteiger partial charge in [-0.3, -0.25) is 0 Å². The Balaban J connectivity index is 2.58. The van der Waals surface area contributed by atoms with E-state index < -0.39 is 0 Å². The standard InChI is InChI=1S/C7H6N2OS/c8-9-4-7(10)3-6-1-2-11-5-6/h1-2,4-5H,3H2/p+1/b7-4-. The maximum absolute atomic E-state index is 9.03. The molecule has 0 saturated carbocycles. The monoisotopic (exact) mass is 167 g/mol. The summed E-state index contributed by atoms with van der Waals surface area (Å²) in [6.45, 7) is 0. The molecule has 56 valence electrons. The van der Waals surface area contributed by atoms with Crippen molar-refractivity contribution in [2.24, 2.45) is 0 Å². The zero-order valence-corrected chi connectivity index (χ0v) is 6.58.